The van der Waals surface area contributed by atoms with Crippen LogP contribution in [-0.4, -0.2) is 29.0 Å². The van der Waals surface area contributed by atoms with E-state index in [1.54, 1.807) is 6.61 Å². The van der Waals surface area contributed by atoms with Gasteiger partial charge in [0.15, 0.2) is 0 Å². The van der Waals surface area contributed by atoms with E-state index < -0.39 is 11.7 Å². The van der Waals surface area contributed by atoms with Crippen LogP contribution in [0.4, 0.5) is 0 Å². The smallest absolute Gasteiger partial charge is 0.0874 e. The largest absolute Gasteiger partial charge is 0.541 e. The van der Waals surface area contributed by atoms with Gasteiger partial charge in [-0.05, 0) is 19.4 Å². The van der Waals surface area contributed by atoms with E-state index in [4.69, 9.17) is 9.47 Å². The Morgan fingerprint density at radius 1 is 1.58 bits per heavy atom. The minimum absolute atomic E-state index is 0. The zero-order chi connectivity index (χ0) is 8.06. The summed E-state index contributed by atoms with van der Waals surface area (Å²) < 4.78 is 10.8. The van der Waals surface area contributed by atoms with Crippen LogP contribution in [0.5, 0.6) is 0 Å². The third-order valence-corrected chi connectivity index (χ3v) is 2.84. The molecule has 2 bridgehead atoms. The van der Waals surface area contributed by atoms with Crippen molar-refractivity contribution in [1.29, 1.82) is 0 Å². The van der Waals surface area contributed by atoms with Gasteiger partial charge in [0.25, 0.3) is 0 Å². The first-order chi connectivity index (χ1) is 5.20. The van der Waals surface area contributed by atoms with Crippen molar-refractivity contribution in [1.82, 2.24) is 0 Å². The zero-order valence-corrected chi connectivity index (χ0v) is 11.4. The number of fused-ring (bicyclic) bond motifs is 2. The van der Waals surface area contributed by atoms with E-state index in [2.05, 4.69) is 0 Å². The monoisotopic (exact) mass is 395 g/mol. The minimum atomic E-state index is -0.470. The van der Waals surface area contributed by atoms with Crippen LogP contribution in [0.3, 0.4) is 0 Å². The van der Waals surface area contributed by atoms with Crippen LogP contribution in [0.2, 0.25) is 0 Å². The van der Waals surface area contributed by atoms with Crippen molar-refractivity contribution in [2.75, 3.05) is 0 Å². The van der Waals surface area contributed by atoms with Gasteiger partial charge in [-0.3, -0.25) is 0 Å². The normalized spacial score (nSPS) is 50.8. The summed E-state index contributed by atoms with van der Waals surface area (Å²) >= 11 is 0. The van der Waals surface area contributed by atoms with E-state index in [1.165, 1.54) is 0 Å². The van der Waals surface area contributed by atoms with Gasteiger partial charge in [-0.1, -0.05) is 6.92 Å². The van der Waals surface area contributed by atoms with E-state index in [-0.39, 0.29) is 43.3 Å². The summed E-state index contributed by atoms with van der Waals surface area (Å²) in [5, 5.41) is 9.67. The van der Waals surface area contributed by atoms with E-state index in [0.717, 1.165) is 6.42 Å². The van der Waals surface area contributed by atoms with Crippen molar-refractivity contribution in [2.45, 2.75) is 44.2 Å². The maximum atomic E-state index is 9.67. The van der Waals surface area contributed by atoms with E-state index in [9.17, 15) is 5.11 Å². The average molecular weight is 395 g/mol. The summed E-state index contributed by atoms with van der Waals surface area (Å²) in [5.74, 6) is 0. The van der Waals surface area contributed by atoms with Gasteiger partial charge in [0.05, 0.1) is 17.8 Å². The Bertz CT molecular complexity index is 176. The van der Waals surface area contributed by atoms with Crippen LogP contribution < -0.4 is 0 Å². The maximum absolute atomic E-state index is 9.67. The molecule has 2 fully saturated rings. The molecule has 2 saturated heterocycles. The summed E-state index contributed by atoms with van der Waals surface area (Å²) in [6.45, 7) is 5.55. The molecule has 2 heterocycles. The molecule has 0 aromatic heterocycles. The van der Waals surface area contributed by atoms with Crippen molar-refractivity contribution < 1.29 is 45.7 Å². The van der Waals surface area contributed by atoms with E-state index >= 15 is 0 Å². The number of hydrogen-bond acceptors (Lipinski definition) is 3. The first-order valence-corrected chi connectivity index (χ1v) is 4.05. The Hall–Kier alpha value is 0.932. The van der Waals surface area contributed by atoms with Crippen LogP contribution in [0.1, 0.15) is 20.3 Å². The van der Waals surface area contributed by atoms with E-state index in [1.807, 2.05) is 13.8 Å². The maximum Gasteiger partial charge on any atom is 0.0874 e. The molecule has 0 aromatic rings. The molecule has 0 saturated carbocycles. The van der Waals surface area contributed by atoms with Crippen LogP contribution in [-0.2, 0) is 9.47 Å². The molecule has 68 valence electrons. The van der Waals surface area contributed by atoms with Crippen LogP contribution in [0.15, 0.2) is 0 Å². The predicted molar refractivity (Wildman–Crippen MR) is 38.7 cm³/mol. The number of ether oxygens (including phenoxy) is 2. The fourth-order valence-electron chi connectivity index (χ4n) is 1.99. The zero-order valence-electron chi connectivity index (χ0n) is 7.28. The Morgan fingerprint density at radius 2 is 2.25 bits per heavy atom. The first kappa shape index (κ1) is 11.0. The summed E-state index contributed by atoms with van der Waals surface area (Å²) in [5.41, 5.74) is -0.454. The molecule has 0 unspecified atom stereocenters. The van der Waals surface area contributed by atoms with Crippen molar-refractivity contribution in [2.24, 2.45) is 0 Å². The number of rotatable bonds is 1. The standard InChI is InChI=1S/C8H13O3.U/c1-3-8-5(2)11-6(4-10-8)7(8)9;/h4-7,9H,3H2,1-2H3;/q-1;/t5-,6-,7-,8-;/m0./s1. The molecule has 0 aromatic carbocycles. The summed E-state index contributed by atoms with van der Waals surface area (Å²) in [7, 11) is 0. The van der Waals surface area contributed by atoms with Gasteiger partial charge < -0.3 is 14.6 Å². The van der Waals surface area contributed by atoms with Gasteiger partial charge in [0, 0.05) is 31.1 Å². The summed E-state index contributed by atoms with van der Waals surface area (Å²) in [4.78, 5) is 0. The van der Waals surface area contributed by atoms with Crippen LogP contribution in [0, 0.1) is 37.7 Å². The van der Waals surface area contributed by atoms with Gasteiger partial charge in [-0.25, -0.2) is 0 Å². The van der Waals surface area contributed by atoms with E-state index in [0.29, 0.717) is 0 Å². The fourth-order valence-corrected chi connectivity index (χ4v) is 1.99. The molecule has 1 N–H and O–H groups in total. The third-order valence-electron chi connectivity index (χ3n) is 2.84. The summed E-state index contributed by atoms with van der Waals surface area (Å²) in [6.07, 6.45) is 0.132. The Labute approximate surface area is 96.2 Å². The first-order valence-electron chi connectivity index (χ1n) is 4.05. The Morgan fingerprint density at radius 3 is 2.50 bits per heavy atom. The van der Waals surface area contributed by atoms with Crippen molar-refractivity contribution >= 4 is 0 Å². The third kappa shape index (κ3) is 1.20. The molecular formula is C8H13O3U-. The van der Waals surface area contributed by atoms with Crippen molar-refractivity contribution in [3.8, 4) is 0 Å². The molecular weight excluding hydrogens is 382 g/mol. The van der Waals surface area contributed by atoms with Crippen molar-refractivity contribution in [3.63, 3.8) is 0 Å². The van der Waals surface area contributed by atoms with Crippen LogP contribution in [0.25, 0.3) is 0 Å². The van der Waals surface area contributed by atoms with Gasteiger partial charge >= 0.3 is 0 Å². The molecule has 12 heavy (non-hydrogen) atoms. The molecule has 3 nitrogen and oxygen atoms in total. The minimum Gasteiger partial charge on any atom is -0.541 e. The molecule has 4 atom stereocenters. The quantitative estimate of drug-likeness (QED) is 0.657. The number of aliphatic hydroxyl groups excluding tert-OH is 1. The molecule has 2 rings (SSSR count). The average Bonchev–Trinajstić information content (AvgIpc) is 2.42. The second-order valence-electron chi connectivity index (χ2n) is 3.25. The number of hydrogen-bond donors (Lipinski definition) is 1. The molecule has 0 aliphatic carbocycles. The molecule has 2 aliphatic rings. The molecule has 0 spiro atoms. The topological polar surface area (TPSA) is 38.7 Å². The Kier molecular flexibility index (Phi) is 3.29. The second kappa shape index (κ2) is 3.59. The Balaban J connectivity index is 0.000000720. The molecule has 2 aliphatic heterocycles. The fraction of sp³-hybridized carbons (Fsp3) is 0.875. The van der Waals surface area contributed by atoms with Gasteiger partial charge in [0.1, 0.15) is 0 Å². The van der Waals surface area contributed by atoms with Crippen molar-refractivity contribution in [3.05, 3.63) is 6.61 Å². The SMILES string of the molecule is CC[C@]12O[CH-][C@H](O[C@H]1C)[C@@H]2O.[U]. The second-order valence-corrected chi connectivity index (χ2v) is 3.25. The molecule has 0 radical (unpaired) electrons. The van der Waals surface area contributed by atoms with Gasteiger partial charge in [-0.15, -0.1) is 0 Å². The van der Waals surface area contributed by atoms with Gasteiger partial charge in [0.2, 0.25) is 0 Å². The summed E-state index contributed by atoms with van der Waals surface area (Å²) in [6, 6.07) is 0. The van der Waals surface area contributed by atoms with Gasteiger partial charge in [-0.2, -0.15) is 6.61 Å². The number of aliphatic hydroxyl groups is 1. The molecule has 0 amide bonds. The predicted octanol–water partition coefficient (Wildman–Crippen LogP) is 0.475. The van der Waals surface area contributed by atoms with Crippen LogP contribution >= 0.6 is 0 Å². The molecule has 4 heteroatoms.